The van der Waals surface area contributed by atoms with Crippen LogP contribution >= 0.6 is 0 Å². The zero-order chi connectivity index (χ0) is 14.4. The minimum Gasteiger partial charge on any atom is -0.309 e. The molecule has 2 nitrogen and oxygen atoms in total. The molecule has 0 aromatic heterocycles. The van der Waals surface area contributed by atoms with E-state index in [9.17, 15) is 0 Å². The van der Waals surface area contributed by atoms with Crippen LogP contribution in [0.1, 0.15) is 45.6 Å². The summed E-state index contributed by atoms with van der Waals surface area (Å²) >= 11 is 0. The molecule has 2 rings (SSSR count). The van der Waals surface area contributed by atoms with Crippen molar-refractivity contribution in [1.82, 2.24) is 10.2 Å². The van der Waals surface area contributed by atoms with Gasteiger partial charge in [0.2, 0.25) is 0 Å². The summed E-state index contributed by atoms with van der Waals surface area (Å²) in [4.78, 5) is 2.71. The number of benzene rings is 1. The Labute approximate surface area is 124 Å². The van der Waals surface area contributed by atoms with Gasteiger partial charge in [-0.3, -0.25) is 4.90 Å². The van der Waals surface area contributed by atoms with Crippen molar-refractivity contribution in [2.75, 3.05) is 19.6 Å². The monoisotopic (exact) mass is 274 g/mol. The van der Waals surface area contributed by atoms with Crippen molar-refractivity contribution in [3.63, 3.8) is 0 Å². The maximum Gasteiger partial charge on any atom is 0.0252 e. The summed E-state index contributed by atoms with van der Waals surface area (Å²) in [6.07, 6.45) is 5.06. The van der Waals surface area contributed by atoms with Crippen LogP contribution in [0.2, 0.25) is 0 Å². The van der Waals surface area contributed by atoms with E-state index >= 15 is 0 Å². The van der Waals surface area contributed by atoms with E-state index in [1.807, 2.05) is 0 Å². The van der Waals surface area contributed by atoms with Crippen molar-refractivity contribution in [2.24, 2.45) is 0 Å². The molecule has 2 heteroatoms. The molecule has 1 saturated heterocycles. The van der Waals surface area contributed by atoms with E-state index in [-0.39, 0.29) is 5.54 Å². The van der Waals surface area contributed by atoms with Crippen molar-refractivity contribution >= 4 is 0 Å². The highest BCUT2D eigenvalue weighted by atomic mass is 15.2. The first-order valence-corrected chi connectivity index (χ1v) is 8.14. The van der Waals surface area contributed by atoms with Gasteiger partial charge in [0.25, 0.3) is 0 Å². The largest absolute Gasteiger partial charge is 0.309 e. The Bertz CT molecular complexity index is 386. The lowest BCUT2D eigenvalue weighted by atomic mass is 9.96. The lowest BCUT2D eigenvalue weighted by molar-refractivity contribution is 0.0885. The fourth-order valence-corrected chi connectivity index (χ4v) is 3.23. The van der Waals surface area contributed by atoms with Crippen molar-refractivity contribution in [3.8, 4) is 0 Å². The number of nitrogens with zero attached hydrogens (tertiary/aromatic N) is 1. The van der Waals surface area contributed by atoms with Crippen LogP contribution in [-0.2, 0) is 6.42 Å². The van der Waals surface area contributed by atoms with E-state index in [0.717, 1.165) is 12.6 Å². The predicted molar refractivity (Wildman–Crippen MR) is 87.1 cm³/mol. The molecule has 1 aliphatic heterocycles. The first-order chi connectivity index (χ1) is 9.61. The molecule has 0 saturated carbocycles. The summed E-state index contributed by atoms with van der Waals surface area (Å²) in [6.45, 7) is 10.5. The molecule has 0 amide bonds. The van der Waals surface area contributed by atoms with Gasteiger partial charge in [0.1, 0.15) is 0 Å². The van der Waals surface area contributed by atoms with Gasteiger partial charge in [-0.1, -0.05) is 43.7 Å². The van der Waals surface area contributed by atoms with Gasteiger partial charge < -0.3 is 5.32 Å². The van der Waals surface area contributed by atoms with Gasteiger partial charge in [0.15, 0.2) is 0 Å². The maximum atomic E-state index is 3.69. The van der Waals surface area contributed by atoms with Crippen LogP contribution in [0.5, 0.6) is 0 Å². The second kappa shape index (κ2) is 7.24. The Morgan fingerprint density at radius 2 is 2.00 bits per heavy atom. The molecule has 0 radical (unpaired) electrons. The van der Waals surface area contributed by atoms with Crippen LogP contribution in [0.25, 0.3) is 0 Å². The van der Waals surface area contributed by atoms with Crippen LogP contribution < -0.4 is 5.32 Å². The molecule has 20 heavy (non-hydrogen) atoms. The van der Waals surface area contributed by atoms with Gasteiger partial charge in [-0.05, 0) is 45.2 Å². The smallest absolute Gasteiger partial charge is 0.0252 e. The molecule has 1 N–H and O–H groups in total. The zero-order valence-corrected chi connectivity index (χ0v) is 13.4. The zero-order valence-electron chi connectivity index (χ0n) is 13.4. The molecular formula is C18H30N2. The van der Waals surface area contributed by atoms with Crippen molar-refractivity contribution in [2.45, 2.75) is 58.0 Å². The van der Waals surface area contributed by atoms with Gasteiger partial charge >= 0.3 is 0 Å². The molecule has 0 bridgehead atoms. The fraction of sp³-hybridized carbons (Fsp3) is 0.667. The third-order valence-electron chi connectivity index (χ3n) is 4.31. The third-order valence-corrected chi connectivity index (χ3v) is 4.31. The van der Waals surface area contributed by atoms with E-state index in [1.54, 1.807) is 0 Å². The molecule has 0 spiro atoms. The second-order valence-corrected chi connectivity index (χ2v) is 6.77. The summed E-state index contributed by atoms with van der Waals surface area (Å²) in [5.41, 5.74) is 1.73. The molecule has 1 aromatic carbocycles. The van der Waals surface area contributed by atoms with Gasteiger partial charge in [0, 0.05) is 24.7 Å². The molecule has 1 heterocycles. The minimum atomic E-state index is 0.261. The van der Waals surface area contributed by atoms with Crippen LogP contribution in [-0.4, -0.2) is 36.1 Å². The Kier molecular flexibility index (Phi) is 5.62. The normalized spacial score (nSPS) is 22.9. The number of nitrogens with one attached hydrogen (secondary N) is 1. The fourth-order valence-electron chi connectivity index (χ4n) is 3.23. The Morgan fingerprint density at radius 3 is 2.70 bits per heavy atom. The molecule has 1 atom stereocenters. The highest BCUT2D eigenvalue weighted by molar-refractivity contribution is 5.14. The van der Waals surface area contributed by atoms with E-state index in [2.05, 4.69) is 61.3 Å². The molecule has 112 valence electrons. The minimum absolute atomic E-state index is 0.261. The highest BCUT2D eigenvalue weighted by Gasteiger charge is 2.31. The van der Waals surface area contributed by atoms with Gasteiger partial charge in [-0.15, -0.1) is 0 Å². The number of aryl methyl sites for hydroxylation is 1. The average Bonchev–Trinajstić information content (AvgIpc) is 2.43. The highest BCUT2D eigenvalue weighted by Crippen LogP contribution is 2.19. The van der Waals surface area contributed by atoms with Gasteiger partial charge in [0.05, 0.1) is 0 Å². The van der Waals surface area contributed by atoms with Crippen molar-refractivity contribution < 1.29 is 0 Å². The first-order valence-electron chi connectivity index (χ1n) is 8.14. The lowest BCUT2D eigenvalue weighted by Gasteiger charge is -2.45. The number of hydrogen-bond donors (Lipinski definition) is 1. The van der Waals surface area contributed by atoms with E-state index in [1.165, 1.54) is 44.3 Å². The van der Waals surface area contributed by atoms with E-state index < -0.39 is 0 Å². The molecule has 0 aliphatic carbocycles. The number of piperazine rings is 1. The SMILES string of the molecule is CCCC1CNC(C)(C)CN1CCCc1ccccc1. The third kappa shape index (κ3) is 4.60. The average molecular weight is 274 g/mol. The first kappa shape index (κ1) is 15.5. The van der Waals surface area contributed by atoms with Gasteiger partial charge in [-0.2, -0.15) is 0 Å². The number of hydrogen-bond acceptors (Lipinski definition) is 2. The summed E-state index contributed by atoms with van der Waals surface area (Å²) in [5, 5.41) is 3.69. The predicted octanol–water partition coefficient (Wildman–Crippen LogP) is 3.47. The van der Waals surface area contributed by atoms with Crippen molar-refractivity contribution in [3.05, 3.63) is 35.9 Å². The molecule has 1 unspecified atom stereocenters. The molecular weight excluding hydrogens is 244 g/mol. The van der Waals surface area contributed by atoms with Crippen LogP contribution in [0.3, 0.4) is 0 Å². The maximum absolute atomic E-state index is 3.69. The molecule has 1 aliphatic rings. The Morgan fingerprint density at radius 1 is 1.25 bits per heavy atom. The standard InChI is InChI=1S/C18H30N2/c1-4-9-17-14-19-18(2,3)15-20(17)13-8-12-16-10-6-5-7-11-16/h5-7,10-11,17,19H,4,8-9,12-15H2,1-3H3. The van der Waals surface area contributed by atoms with Crippen LogP contribution in [0, 0.1) is 0 Å². The quantitative estimate of drug-likeness (QED) is 0.854. The molecule has 1 fully saturated rings. The van der Waals surface area contributed by atoms with Crippen LogP contribution in [0.4, 0.5) is 0 Å². The Balaban J connectivity index is 1.84. The van der Waals surface area contributed by atoms with Gasteiger partial charge in [-0.25, -0.2) is 0 Å². The van der Waals surface area contributed by atoms with Crippen LogP contribution in [0.15, 0.2) is 30.3 Å². The summed E-state index contributed by atoms with van der Waals surface area (Å²) in [5.74, 6) is 0. The lowest BCUT2D eigenvalue weighted by Crippen LogP contribution is -2.61. The van der Waals surface area contributed by atoms with E-state index in [4.69, 9.17) is 0 Å². The second-order valence-electron chi connectivity index (χ2n) is 6.77. The number of rotatable bonds is 6. The van der Waals surface area contributed by atoms with E-state index in [0.29, 0.717) is 0 Å². The van der Waals surface area contributed by atoms with Crippen molar-refractivity contribution in [1.29, 1.82) is 0 Å². The topological polar surface area (TPSA) is 15.3 Å². The molecule has 1 aromatic rings. The Hall–Kier alpha value is -0.860. The summed E-state index contributed by atoms with van der Waals surface area (Å²) in [7, 11) is 0. The summed E-state index contributed by atoms with van der Waals surface area (Å²) in [6, 6.07) is 11.6. The summed E-state index contributed by atoms with van der Waals surface area (Å²) < 4.78 is 0.